The van der Waals surface area contributed by atoms with Crippen molar-refractivity contribution in [3.8, 4) is 5.69 Å². The van der Waals surface area contributed by atoms with E-state index in [2.05, 4.69) is 10.4 Å². The van der Waals surface area contributed by atoms with Crippen LogP contribution in [0.2, 0.25) is 10.0 Å². The Morgan fingerprint density at radius 1 is 1.03 bits per heavy atom. The standard InChI is InChI=1S/C23H23Cl2N5O2/c1-16-19(14-26-30(16)18-6-4-5-17(24)13-18)23(32)29-11-9-28(10-12-29)15-22(31)27-21-8-3-2-7-20(21)25/h2-8,13-14H,9-12,15H2,1H3,(H,27,31). The van der Waals surface area contributed by atoms with Crippen LogP contribution < -0.4 is 5.32 Å². The van der Waals surface area contributed by atoms with Crippen molar-refractivity contribution in [3.05, 3.63) is 76.0 Å². The first kappa shape index (κ1) is 22.3. The Hall–Kier alpha value is -2.87. The molecule has 1 aromatic heterocycles. The molecule has 1 N–H and O–H groups in total. The normalized spacial score (nSPS) is 14.4. The summed E-state index contributed by atoms with van der Waals surface area (Å²) < 4.78 is 1.72. The van der Waals surface area contributed by atoms with Gasteiger partial charge in [-0.2, -0.15) is 5.10 Å². The highest BCUT2D eigenvalue weighted by atomic mass is 35.5. The van der Waals surface area contributed by atoms with Crippen molar-refractivity contribution in [2.75, 3.05) is 38.0 Å². The lowest BCUT2D eigenvalue weighted by Crippen LogP contribution is -2.50. The van der Waals surface area contributed by atoms with Crippen molar-refractivity contribution < 1.29 is 9.59 Å². The maximum atomic E-state index is 13.1. The molecule has 0 bridgehead atoms. The van der Waals surface area contributed by atoms with Gasteiger partial charge in [0.1, 0.15) is 0 Å². The van der Waals surface area contributed by atoms with Crippen molar-refractivity contribution in [2.24, 2.45) is 0 Å². The lowest BCUT2D eigenvalue weighted by atomic mass is 10.2. The minimum atomic E-state index is -0.128. The largest absolute Gasteiger partial charge is 0.336 e. The first-order valence-electron chi connectivity index (χ1n) is 10.3. The lowest BCUT2D eigenvalue weighted by molar-refractivity contribution is -0.117. The van der Waals surface area contributed by atoms with Crippen LogP contribution in [0.4, 0.5) is 5.69 Å². The molecule has 7 nitrogen and oxygen atoms in total. The number of anilines is 1. The number of piperazine rings is 1. The summed E-state index contributed by atoms with van der Waals surface area (Å²) in [5, 5.41) is 8.33. The number of hydrogen-bond donors (Lipinski definition) is 1. The van der Waals surface area contributed by atoms with Crippen molar-refractivity contribution >= 4 is 40.7 Å². The van der Waals surface area contributed by atoms with Crippen LogP contribution in [0.15, 0.2) is 54.7 Å². The van der Waals surface area contributed by atoms with E-state index in [9.17, 15) is 9.59 Å². The number of carbonyl (C=O) groups excluding carboxylic acids is 2. The van der Waals surface area contributed by atoms with Crippen LogP contribution in [0.3, 0.4) is 0 Å². The van der Waals surface area contributed by atoms with Crippen LogP contribution in [0.25, 0.3) is 5.69 Å². The van der Waals surface area contributed by atoms with E-state index in [1.807, 2.05) is 42.2 Å². The van der Waals surface area contributed by atoms with Gasteiger partial charge in [-0.05, 0) is 37.3 Å². The predicted octanol–water partition coefficient (Wildman–Crippen LogP) is 3.88. The van der Waals surface area contributed by atoms with Crippen molar-refractivity contribution in [1.29, 1.82) is 0 Å². The van der Waals surface area contributed by atoms with Gasteiger partial charge in [-0.25, -0.2) is 4.68 Å². The number of hydrogen-bond acceptors (Lipinski definition) is 4. The highest BCUT2D eigenvalue weighted by molar-refractivity contribution is 6.33. The zero-order chi connectivity index (χ0) is 22.7. The Morgan fingerprint density at radius 3 is 2.50 bits per heavy atom. The molecule has 4 rings (SSSR count). The van der Waals surface area contributed by atoms with Gasteiger partial charge in [0, 0.05) is 31.2 Å². The topological polar surface area (TPSA) is 70.5 Å². The molecule has 0 saturated carbocycles. The van der Waals surface area contributed by atoms with Crippen molar-refractivity contribution in [2.45, 2.75) is 6.92 Å². The number of aromatic nitrogens is 2. The summed E-state index contributed by atoms with van der Waals surface area (Å²) in [5.74, 6) is -0.188. The molecule has 2 aromatic carbocycles. The molecule has 0 unspecified atom stereocenters. The van der Waals surface area contributed by atoms with E-state index in [0.717, 1.165) is 11.4 Å². The van der Waals surface area contributed by atoms with E-state index >= 15 is 0 Å². The molecule has 9 heteroatoms. The van der Waals surface area contributed by atoms with Gasteiger partial charge in [0.2, 0.25) is 5.91 Å². The fourth-order valence-electron chi connectivity index (χ4n) is 3.72. The summed E-state index contributed by atoms with van der Waals surface area (Å²) >= 11 is 12.2. The predicted molar refractivity (Wildman–Crippen MR) is 126 cm³/mol. The molecule has 0 spiro atoms. The highest BCUT2D eigenvalue weighted by Gasteiger charge is 2.26. The number of benzene rings is 2. The summed E-state index contributed by atoms with van der Waals surface area (Å²) in [7, 11) is 0. The van der Waals surface area contributed by atoms with E-state index in [1.54, 1.807) is 34.0 Å². The molecule has 3 aromatic rings. The summed E-state index contributed by atoms with van der Waals surface area (Å²) in [6.45, 7) is 4.43. The Balaban J connectivity index is 1.34. The van der Waals surface area contributed by atoms with Crippen LogP contribution >= 0.6 is 23.2 Å². The third-order valence-corrected chi connectivity index (χ3v) is 6.03. The fourth-order valence-corrected chi connectivity index (χ4v) is 4.09. The monoisotopic (exact) mass is 471 g/mol. The van der Waals surface area contributed by atoms with Gasteiger partial charge in [0.05, 0.1) is 40.4 Å². The molecule has 0 atom stereocenters. The van der Waals surface area contributed by atoms with Gasteiger partial charge in [-0.15, -0.1) is 0 Å². The summed E-state index contributed by atoms with van der Waals surface area (Å²) in [6, 6.07) is 14.5. The number of halogens is 2. The van der Waals surface area contributed by atoms with E-state index in [1.165, 1.54) is 0 Å². The second-order valence-corrected chi connectivity index (χ2v) is 8.48. The molecule has 0 radical (unpaired) electrons. The van der Waals surface area contributed by atoms with Gasteiger partial charge in [-0.1, -0.05) is 41.4 Å². The summed E-state index contributed by atoms with van der Waals surface area (Å²) in [4.78, 5) is 29.3. The molecule has 32 heavy (non-hydrogen) atoms. The molecule has 1 fully saturated rings. The van der Waals surface area contributed by atoms with E-state index in [4.69, 9.17) is 23.2 Å². The number of rotatable bonds is 5. The van der Waals surface area contributed by atoms with E-state index in [0.29, 0.717) is 47.5 Å². The molecule has 2 heterocycles. The maximum absolute atomic E-state index is 13.1. The van der Waals surface area contributed by atoms with Crippen LogP contribution in [-0.4, -0.2) is 64.1 Å². The third kappa shape index (κ3) is 4.96. The number of carbonyl (C=O) groups is 2. The SMILES string of the molecule is Cc1c(C(=O)N2CCN(CC(=O)Nc3ccccc3Cl)CC2)cnn1-c1cccc(Cl)c1. The lowest BCUT2D eigenvalue weighted by Gasteiger charge is -2.34. The molecule has 1 aliphatic rings. The quantitative estimate of drug-likeness (QED) is 0.612. The second-order valence-electron chi connectivity index (χ2n) is 7.63. The van der Waals surface area contributed by atoms with Crippen LogP contribution in [0.5, 0.6) is 0 Å². The van der Waals surface area contributed by atoms with Crippen molar-refractivity contribution in [3.63, 3.8) is 0 Å². The van der Waals surface area contributed by atoms with Gasteiger partial charge >= 0.3 is 0 Å². The molecule has 2 amide bonds. The number of nitrogens with zero attached hydrogens (tertiary/aromatic N) is 4. The average Bonchev–Trinajstić information content (AvgIpc) is 3.16. The zero-order valence-corrected chi connectivity index (χ0v) is 19.1. The van der Waals surface area contributed by atoms with Crippen molar-refractivity contribution in [1.82, 2.24) is 19.6 Å². The average molecular weight is 472 g/mol. The van der Waals surface area contributed by atoms with Crippen LogP contribution in [0, 0.1) is 6.92 Å². The number of nitrogens with one attached hydrogen (secondary N) is 1. The smallest absolute Gasteiger partial charge is 0.257 e. The Labute approximate surface area is 196 Å². The van der Waals surface area contributed by atoms with Gasteiger partial charge < -0.3 is 10.2 Å². The first-order chi connectivity index (χ1) is 15.4. The van der Waals surface area contributed by atoms with Gasteiger partial charge in [0.25, 0.3) is 5.91 Å². The molecule has 1 saturated heterocycles. The minimum absolute atomic E-state index is 0.0593. The Kier molecular flexibility index (Phi) is 6.79. The zero-order valence-electron chi connectivity index (χ0n) is 17.6. The first-order valence-corrected chi connectivity index (χ1v) is 11.0. The number of para-hydroxylation sites is 1. The van der Waals surface area contributed by atoms with Crippen LogP contribution in [0.1, 0.15) is 16.1 Å². The Morgan fingerprint density at radius 2 is 1.78 bits per heavy atom. The highest BCUT2D eigenvalue weighted by Crippen LogP contribution is 2.21. The van der Waals surface area contributed by atoms with Crippen LogP contribution in [-0.2, 0) is 4.79 Å². The molecular formula is C23H23Cl2N5O2. The second kappa shape index (κ2) is 9.73. The molecule has 1 aliphatic heterocycles. The number of amides is 2. The van der Waals surface area contributed by atoms with E-state index in [-0.39, 0.29) is 18.4 Å². The molecule has 0 aliphatic carbocycles. The van der Waals surface area contributed by atoms with E-state index < -0.39 is 0 Å². The van der Waals surface area contributed by atoms with Gasteiger partial charge in [-0.3, -0.25) is 14.5 Å². The summed E-state index contributed by atoms with van der Waals surface area (Å²) in [5.41, 5.74) is 2.73. The third-order valence-electron chi connectivity index (χ3n) is 5.47. The maximum Gasteiger partial charge on any atom is 0.257 e. The fraction of sp³-hybridized carbons (Fsp3) is 0.261. The van der Waals surface area contributed by atoms with Gasteiger partial charge in [0.15, 0.2) is 0 Å². The molecular weight excluding hydrogens is 449 g/mol. The Bertz CT molecular complexity index is 1140. The molecule has 166 valence electrons. The summed E-state index contributed by atoms with van der Waals surface area (Å²) in [6.07, 6.45) is 1.60. The minimum Gasteiger partial charge on any atom is -0.336 e.